The van der Waals surface area contributed by atoms with Crippen molar-refractivity contribution >= 4 is 41.2 Å². The van der Waals surface area contributed by atoms with Crippen LogP contribution in [0.15, 0.2) is 36.0 Å². The average molecular weight is 427 g/mol. The molecule has 0 radical (unpaired) electrons. The number of nitrogens with zero attached hydrogens (tertiary/aromatic N) is 2. The van der Waals surface area contributed by atoms with Crippen LogP contribution in [0, 0.1) is 12.4 Å². The van der Waals surface area contributed by atoms with Crippen LogP contribution >= 0.6 is 11.3 Å². The normalized spacial score (nSPS) is 11.6. The summed E-state index contributed by atoms with van der Waals surface area (Å²) in [5.74, 6) is -1.51. The molecule has 0 amide bonds. The summed E-state index contributed by atoms with van der Waals surface area (Å²) in [7, 11) is 0. The summed E-state index contributed by atoms with van der Waals surface area (Å²) in [5, 5.41) is 8.94. The second-order valence-electron chi connectivity index (χ2n) is 6.92. The molecule has 0 unspecified atom stereocenters. The van der Waals surface area contributed by atoms with Crippen molar-refractivity contribution in [3.63, 3.8) is 0 Å². The second kappa shape index (κ2) is 11.9. The number of anilines is 1. The summed E-state index contributed by atoms with van der Waals surface area (Å²) >= 11 is 1.34. The standard InChI is InChI=1S/C24H27FN2O2S/c1-4-6-14-27(15-7-5-2)19-10-8-18(22(25)16-19)9-11-20-12-13-21(30-20)17-23(26-3)24(28)29/h8-13,16-17H,4-7,14-15H2,1-2H3,(H,28,29). The van der Waals surface area contributed by atoms with Gasteiger partial charge in [0.15, 0.2) is 0 Å². The van der Waals surface area contributed by atoms with Crippen molar-refractivity contribution in [3.8, 4) is 0 Å². The molecule has 0 aliphatic carbocycles. The summed E-state index contributed by atoms with van der Waals surface area (Å²) in [6.07, 6.45) is 9.23. The Bertz CT molecular complexity index is 948. The highest BCUT2D eigenvalue weighted by atomic mass is 32.1. The molecule has 0 saturated carbocycles. The lowest BCUT2D eigenvalue weighted by molar-refractivity contribution is -0.132. The number of carbonyl (C=O) groups is 1. The van der Waals surface area contributed by atoms with Crippen molar-refractivity contribution in [2.24, 2.45) is 0 Å². The van der Waals surface area contributed by atoms with Gasteiger partial charge >= 0.3 is 5.97 Å². The molecule has 1 N–H and O–H groups in total. The lowest BCUT2D eigenvalue weighted by Crippen LogP contribution is -2.25. The number of rotatable bonds is 11. The van der Waals surface area contributed by atoms with Crippen LogP contribution in [-0.4, -0.2) is 24.2 Å². The van der Waals surface area contributed by atoms with Crippen molar-refractivity contribution in [2.45, 2.75) is 39.5 Å². The third-order valence-corrected chi connectivity index (χ3v) is 5.60. The minimum absolute atomic E-state index is 0.264. The zero-order chi connectivity index (χ0) is 21.9. The molecule has 1 aromatic heterocycles. The van der Waals surface area contributed by atoms with Gasteiger partial charge in [-0.25, -0.2) is 9.24 Å². The predicted molar refractivity (Wildman–Crippen MR) is 124 cm³/mol. The highest BCUT2D eigenvalue weighted by Gasteiger charge is 2.09. The van der Waals surface area contributed by atoms with Gasteiger partial charge in [-0.2, -0.15) is 0 Å². The number of carboxylic acids is 1. The molecule has 0 bridgehead atoms. The number of thiophene rings is 1. The van der Waals surface area contributed by atoms with Crippen LogP contribution in [0.3, 0.4) is 0 Å². The van der Waals surface area contributed by atoms with E-state index in [1.54, 1.807) is 30.4 Å². The Morgan fingerprint density at radius 3 is 2.37 bits per heavy atom. The summed E-state index contributed by atoms with van der Waals surface area (Å²) < 4.78 is 14.7. The Morgan fingerprint density at radius 2 is 1.80 bits per heavy atom. The van der Waals surface area contributed by atoms with Gasteiger partial charge in [-0.15, -0.1) is 11.3 Å². The number of hydrogen-bond donors (Lipinski definition) is 1. The summed E-state index contributed by atoms with van der Waals surface area (Å²) in [5.41, 5.74) is 1.09. The number of aliphatic carboxylic acids is 1. The van der Waals surface area contributed by atoms with Crippen LogP contribution in [0.5, 0.6) is 0 Å². The van der Waals surface area contributed by atoms with Crippen molar-refractivity contribution < 1.29 is 14.3 Å². The molecule has 158 valence electrons. The number of benzene rings is 1. The highest BCUT2D eigenvalue weighted by Crippen LogP contribution is 2.24. The van der Waals surface area contributed by atoms with Gasteiger partial charge in [0.25, 0.3) is 5.70 Å². The second-order valence-corrected chi connectivity index (χ2v) is 8.07. The maximum Gasteiger partial charge on any atom is 0.333 e. The third kappa shape index (κ3) is 6.85. The molecule has 0 aliphatic rings. The molecule has 1 aromatic carbocycles. The summed E-state index contributed by atoms with van der Waals surface area (Å²) in [6, 6.07) is 8.92. The minimum atomic E-state index is -1.25. The third-order valence-electron chi connectivity index (χ3n) is 4.61. The topological polar surface area (TPSA) is 44.9 Å². The fraction of sp³-hybridized carbons (Fsp3) is 0.333. The first-order valence-electron chi connectivity index (χ1n) is 10.1. The Hall–Kier alpha value is -2.91. The van der Waals surface area contributed by atoms with E-state index in [0.29, 0.717) is 10.4 Å². The van der Waals surface area contributed by atoms with Crippen molar-refractivity contribution in [1.29, 1.82) is 0 Å². The molecule has 30 heavy (non-hydrogen) atoms. The Kier molecular flexibility index (Phi) is 9.30. The van der Waals surface area contributed by atoms with E-state index in [9.17, 15) is 9.18 Å². The fourth-order valence-electron chi connectivity index (χ4n) is 2.90. The molecular formula is C24H27FN2O2S. The van der Waals surface area contributed by atoms with Gasteiger partial charge in [0, 0.05) is 34.1 Å². The minimum Gasteiger partial charge on any atom is -0.486 e. The van der Waals surface area contributed by atoms with Gasteiger partial charge in [-0.05, 0) is 55.3 Å². The fourth-order valence-corrected chi connectivity index (χ4v) is 3.75. The maximum absolute atomic E-state index is 14.7. The lowest BCUT2D eigenvalue weighted by Gasteiger charge is -2.25. The van der Waals surface area contributed by atoms with Crippen LogP contribution < -0.4 is 4.90 Å². The van der Waals surface area contributed by atoms with Crippen molar-refractivity contribution in [3.05, 3.63) is 68.6 Å². The van der Waals surface area contributed by atoms with Crippen LogP contribution in [0.25, 0.3) is 23.1 Å². The molecule has 1 heterocycles. The van der Waals surface area contributed by atoms with Gasteiger partial charge in [0.05, 0.1) is 6.57 Å². The Morgan fingerprint density at radius 1 is 1.13 bits per heavy atom. The molecule has 0 fully saturated rings. The van der Waals surface area contributed by atoms with Crippen LogP contribution in [-0.2, 0) is 4.79 Å². The van der Waals surface area contributed by atoms with Crippen LogP contribution in [0.1, 0.15) is 54.8 Å². The first-order valence-corrected chi connectivity index (χ1v) is 10.9. The quantitative estimate of drug-likeness (QED) is 0.317. The van der Waals surface area contributed by atoms with Gasteiger partial charge in [0.2, 0.25) is 0 Å². The van der Waals surface area contributed by atoms with E-state index in [1.807, 2.05) is 12.1 Å². The number of hydrogen-bond acceptors (Lipinski definition) is 3. The maximum atomic E-state index is 14.7. The van der Waals surface area contributed by atoms with E-state index in [1.165, 1.54) is 17.4 Å². The van der Waals surface area contributed by atoms with Crippen molar-refractivity contribution in [1.82, 2.24) is 0 Å². The van der Waals surface area contributed by atoms with Crippen LogP contribution in [0.2, 0.25) is 0 Å². The van der Waals surface area contributed by atoms with E-state index >= 15 is 0 Å². The zero-order valence-corrected chi connectivity index (χ0v) is 18.2. The predicted octanol–water partition coefficient (Wildman–Crippen LogP) is 6.81. The van der Waals surface area contributed by atoms with E-state index in [0.717, 1.165) is 49.3 Å². The molecule has 2 aromatic rings. The highest BCUT2D eigenvalue weighted by molar-refractivity contribution is 7.13. The molecule has 0 saturated heterocycles. The van der Waals surface area contributed by atoms with E-state index in [4.69, 9.17) is 11.7 Å². The van der Waals surface area contributed by atoms with Crippen LogP contribution in [0.4, 0.5) is 10.1 Å². The Balaban J connectivity index is 2.15. The lowest BCUT2D eigenvalue weighted by atomic mass is 10.1. The zero-order valence-electron chi connectivity index (χ0n) is 17.4. The van der Waals surface area contributed by atoms with E-state index < -0.39 is 5.97 Å². The van der Waals surface area contributed by atoms with E-state index in [-0.39, 0.29) is 11.5 Å². The molecule has 0 spiro atoms. The first-order chi connectivity index (χ1) is 14.5. The smallest absolute Gasteiger partial charge is 0.333 e. The molecule has 6 heteroatoms. The van der Waals surface area contributed by atoms with Gasteiger partial charge in [-0.1, -0.05) is 32.8 Å². The average Bonchev–Trinajstić information content (AvgIpc) is 3.18. The molecular weight excluding hydrogens is 399 g/mol. The summed E-state index contributed by atoms with van der Waals surface area (Å²) in [6.45, 7) is 13.1. The molecule has 0 atom stereocenters. The van der Waals surface area contributed by atoms with Crippen molar-refractivity contribution in [2.75, 3.05) is 18.0 Å². The monoisotopic (exact) mass is 426 g/mol. The largest absolute Gasteiger partial charge is 0.486 e. The van der Waals surface area contributed by atoms with Gasteiger partial charge in [0.1, 0.15) is 5.82 Å². The first kappa shape index (κ1) is 23.4. The Labute approximate surface area is 181 Å². The SMILES string of the molecule is [C-]#[N+]C(=Cc1ccc(C=Cc2ccc(N(CCCC)CCCC)cc2F)s1)C(=O)O. The number of carboxylic acid groups (broad SMARTS) is 1. The summed E-state index contributed by atoms with van der Waals surface area (Å²) in [4.78, 5) is 17.7. The molecule has 4 nitrogen and oxygen atoms in total. The molecule has 0 aliphatic heterocycles. The van der Waals surface area contributed by atoms with Gasteiger partial charge in [-0.3, -0.25) is 4.79 Å². The number of halogens is 1. The molecule has 2 rings (SSSR count). The van der Waals surface area contributed by atoms with Gasteiger partial charge < -0.3 is 10.0 Å². The number of unbranched alkanes of at least 4 members (excludes halogenated alkanes) is 2. The van der Waals surface area contributed by atoms with E-state index in [2.05, 4.69) is 23.6 Å².